The van der Waals surface area contributed by atoms with E-state index >= 15 is 0 Å². The first-order valence-corrected chi connectivity index (χ1v) is 6.61. The summed E-state index contributed by atoms with van der Waals surface area (Å²) in [6.07, 6.45) is 3.40. The van der Waals surface area contributed by atoms with Gasteiger partial charge in [-0.1, -0.05) is 30.3 Å². The third-order valence-electron chi connectivity index (χ3n) is 3.90. The highest BCUT2D eigenvalue weighted by atomic mass is 16.5. The lowest BCUT2D eigenvalue weighted by atomic mass is 9.68. The Bertz CT molecular complexity index is 629. The van der Waals surface area contributed by atoms with E-state index in [4.69, 9.17) is 4.74 Å². The Balaban J connectivity index is 2.06. The highest BCUT2D eigenvalue weighted by Crippen LogP contribution is 2.38. The summed E-state index contributed by atoms with van der Waals surface area (Å²) in [6, 6.07) is 6.84. The highest BCUT2D eigenvalue weighted by molar-refractivity contribution is 6.16. The van der Waals surface area contributed by atoms with Gasteiger partial charge in [-0.25, -0.2) is 0 Å². The van der Waals surface area contributed by atoms with Crippen molar-refractivity contribution >= 4 is 17.5 Å². The molecule has 0 N–H and O–H groups in total. The maximum Gasteiger partial charge on any atom is 0.303 e. The number of benzene rings is 1. The summed E-state index contributed by atoms with van der Waals surface area (Å²) < 4.78 is 5.20. The number of allylic oxidation sites excluding steroid dienone is 1. The van der Waals surface area contributed by atoms with Crippen molar-refractivity contribution in [2.75, 3.05) is 0 Å². The summed E-state index contributed by atoms with van der Waals surface area (Å²) in [5.41, 5.74) is 0.918. The molecule has 2 aliphatic rings. The number of ketones is 2. The van der Waals surface area contributed by atoms with Crippen molar-refractivity contribution < 1.29 is 19.1 Å². The van der Waals surface area contributed by atoms with Crippen LogP contribution in [0, 0.1) is 11.8 Å². The number of rotatable bonds is 1. The molecule has 0 spiro atoms. The molecular formula is C16H14O4. The molecule has 0 saturated heterocycles. The van der Waals surface area contributed by atoms with E-state index in [2.05, 4.69) is 0 Å². The van der Waals surface area contributed by atoms with Crippen LogP contribution in [-0.2, 0) is 9.53 Å². The third kappa shape index (κ3) is 1.88. The molecule has 0 aromatic heterocycles. The van der Waals surface area contributed by atoms with Gasteiger partial charge in [0.05, 0.1) is 5.92 Å². The van der Waals surface area contributed by atoms with Gasteiger partial charge in [-0.15, -0.1) is 0 Å². The molecule has 0 radical (unpaired) electrons. The molecule has 1 aromatic carbocycles. The summed E-state index contributed by atoms with van der Waals surface area (Å²) >= 11 is 0. The quantitative estimate of drug-likeness (QED) is 0.579. The van der Waals surface area contributed by atoms with Crippen LogP contribution in [0.3, 0.4) is 0 Å². The lowest BCUT2D eigenvalue weighted by Gasteiger charge is -2.36. The molecule has 0 amide bonds. The van der Waals surface area contributed by atoms with Crippen molar-refractivity contribution in [3.05, 3.63) is 47.5 Å². The second kappa shape index (κ2) is 4.71. The molecule has 0 unspecified atom stereocenters. The van der Waals surface area contributed by atoms with Gasteiger partial charge in [-0.3, -0.25) is 14.4 Å². The van der Waals surface area contributed by atoms with Crippen LogP contribution < -0.4 is 0 Å². The fraction of sp³-hybridized carbons (Fsp3) is 0.312. The minimum Gasteiger partial charge on any atom is -0.458 e. The number of hydrogen-bond donors (Lipinski definition) is 0. The Morgan fingerprint density at radius 3 is 2.45 bits per heavy atom. The number of carbonyl (C=O) groups excluding carboxylic acids is 3. The van der Waals surface area contributed by atoms with Crippen molar-refractivity contribution in [2.24, 2.45) is 11.8 Å². The summed E-state index contributed by atoms with van der Waals surface area (Å²) in [5, 5.41) is 0. The zero-order valence-corrected chi connectivity index (χ0v) is 11.0. The van der Waals surface area contributed by atoms with E-state index in [9.17, 15) is 14.4 Å². The first-order chi connectivity index (χ1) is 9.59. The van der Waals surface area contributed by atoms with Gasteiger partial charge in [-0.05, 0) is 12.5 Å². The maximum absolute atomic E-state index is 12.6. The Morgan fingerprint density at radius 1 is 1.15 bits per heavy atom. The average molecular weight is 270 g/mol. The molecule has 3 rings (SSSR count). The normalized spacial score (nSPS) is 27.8. The van der Waals surface area contributed by atoms with Gasteiger partial charge in [0.15, 0.2) is 11.6 Å². The van der Waals surface area contributed by atoms with Crippen molar-refractivity contribution in [3.8, 4) is 0 Å². The van der Waals surface area contributed by atoms with Crippen LogP contribution in [0.5, 0.6) is 0 Å². The first-order valence-electron chi connectivity index (χ1n) is 6.61. The van der Waals surface area contributed by atoms with Crippen LogP contribution in [0.2, 0.25) is 0 Å². The summed E-state index contributed by atoms with van der Waals surface area (Å²) in [5.74, 6) is -1.61. The van der Waals surface area contributed by atoms with E-state index in [1.165, 1.54) is 6.92 Å². The summed E-state index contributed by atoms with van der Waals surface area (Å²) in [4.78, 5) is 36.3. The number of hydrogen-bond acceptors (Lipinski definition) is 4. The van der Waals surface area contributed by atoms with Crippen LogP contribution >= 0.6 is 0 Å². The van der Waals surface area contributed by atoms with Gasteiger partial charge in [0.2, 0.25) is 0 Å². The number of esters is 1. The largest absolute Gasteiger partial charge is 0.458 e. The molecule has 102 valence electrons. The van der Waals surface area contributed by atoms with Crippen LogP contribution in [-0.4, -0.2) is 23.6 Å². The van der Waals surface area contributed by atoms with Crippen molar-refractivity contribution in [1.82, 2.24) is 0 Å². The van der Waals surface area contributed by atoms with E-state index in [0.29, 0.717) is 17.5 Å². The third-order valence-corrected chi connectivity index (χ3v) is 3.90. The van der Waals surface area contributed by atoms with E-state index in [0.717, 1.165) is 0 Å². The monoisotopic (exact) mass is 270 g/mol. The molecule has 0 bridgehead atoms. The molecule has 0 heterocycles. The second-order valence-electron chi connectivity index (χ2n) is 5.14. The van der Waals surface area contributed by atoms with E-state index in [1.807, 2.05) is 6.08 Å². The van der Waals surface area contributed by atoms with Crippen LogP contribution in [0.25, 0.3) is 0 Å². The molecule has 0 aliphatic heterocycles. The van der Waals surface area contributed by atoms with Crippen molar-refractivity contribution in [1.29, 1.82) is 0 Å². The average Bonchev–Trinajstić information content (AvgIpc) is 2.44. The zero-order valence-electron chi connectivity index (χ0n) is 11.0. The van der Waals surface area contributed by atoms with Crippen molar-refractivity contribution in [2.45, 2.75) is 19.4 Å². The molecule has 4 heteroatoms. The minimum absolute atomic E-state index is 0.0355. The zero-order chi connectivity index (χ0) is 14.3. The minimum atomic E-state index is -0.643. The lowest BCUT2D eigenvalue weighted by molar-refractivity contribution is -0.146. The molecular weight excluding hydrogens is 256 g/mol. The van der Waals surface area contributed by atoms with Gasteiger partial charge in [0.25, 0.3) is 0 Å². The van der Waals surface area contributed by atoms with Gasteiger partial charge in [0.1, 0.15) is 6.10 Å². The predicted octanol–water partition coefficient (Wildman–Crippen LogP) is 2.19. The van der Waals surface area contributed by atoms with Gasteiger partial charge in [0, 0.05) is 24.0 Å². The number of ether oxygens (including phenoxy) is 1. The van der Waals surface area contributed by atoms with E-state index < -0.39 is 23.9 Å². The maximum atomic E-state index is 12.6. The highest BCUT2D eigenvalue weighted by Gasteiger charge is 2.46. The van der Waals surface area contributed by atoms with E-state index in [1.54, 1.807) is 30.3 Å². The summed E-state index contributed by atoms with van der Waals surface area (Å²) in [7, 11) is 0. The Kier molecular flexibility index (Phi) is 3.01. The van der Waals surface area contributed by atoms with E-state index in [-0.39, 0.29) is 11.6 Å². The summed E-state index contributed by atoms with van der Waals surface area (Å²) in [6.45, 7) is 1.31. The predicted molar refractivity (Wildman–Crippen MR) is 71.4 cm³/mol. The molecule has 1 aromatic rings. The fourth-order valence-electron chi connectivity index (χ4n) is 3.05. The molecule has 0 fully saturated rings. The van der Waals surface area contributed by atoms with Gasteiger partial charge in [-0.2, -0.15) is 0 Å². The SMILES string of the molecule is CC(=O)O[C@@H]1C=CC[C@H]2C(=O)c3ccccc3C(=O)[C@@H]12. The van der Waals surface area contributed by atoms with Crippen LogP contribution in [0.1, 0.15) is 34.1 Å². The van der Waals surface area contributed by atoms with Gasteiger partial charge >= 0.3 is 5.97 Å². The standard InChI is InChI=1S/C16H14O4/c1-9(17)20-13-8-4-7-12-14(13)16(19)11-6-3-2-5-10(11)15(12)18/h2-6,8,12-14H,7H2,1H3/t12-,13-,14-/m1/s1. The van der Waals surface area contributed by atoms with Crippen LogP contribution in [0.4, 0.5) is 0 Å². The molecule has 20 heavy (non-hydrogen) atoms. The second-order valence-corrected chi connectivity index (χ2v) is 5.14. The Labute approximate surface area is 116 Å². The smallest absolute Gasteiger partial charge is 0.303 e. The topological polar surface area (TPSA) is 60.4 Å². The fourth-order valence-corrected chi connectivity index (χ4v) is 3.05. The lowest BCUT2D eigenvalue weighted by Crippen LogP contribution is -2.45. The number of Topliss-reactive ketones (excluding diaryl/α,β-unsaturated/α-hetero) is 2. The molecule has 0 saturated carbocycles. The number of fused-ring (bicyclic) bond motifs is 2. The first kappa shape index (κ1) is 12.8. The van der Waals surface area contributed by atoms with Crippen molar-refractivity contribution in [3.63, 3.8) is 0 Å². The van der Waals surface area contributed by atoms with Crippen LogP contribution in [0.15, 0.2) is 36.4 Å². The molecule has 3 atom stereocenters. The Morgan fingerprint density at radius 2 is 1.80 bits per heavy atom. The van der Waals surface area contributed by atoms with Gasteiger partial charge < -0.3 is 4.74 Å². The Hall–Kier alpha value is -2.23. The number of carbonyl (C=O) groups is 3. The molecule has 2 aliphatic carbocycles. The molecule has 4 nitrogen and oxygen atoms in total.